The topological polar surface area (TPSA) is 122 Å². The molecule has 2 amide bonds. The van der Waals surface area contributed by atoms with E-state index in [0.29, 0.717) is 39.5 Å². The number of imidazole rings is 1. The van der Waals surface area contributed by atoms with Gasteiger partial charge in [0.15, 0.2) is 5.72 Å². The summed E-state index contributed by atoms with van der Waals surface area (Å²) in [7, 11) is 2.09. The fraction of sp³-hybridized carbons (Fsp3) is 0.276. The molecule has 9 heteroatoms. The number of aromatic amines is 1. The van der Waals surface area contributed by atoms with Crippen molar-refractivity contribution in [2.45, 2.75) is 43.9 Å². The number of nitrogens with one attached hydrogen (secondary N) is 2. The molecule has 38 heavy (non-hydrogen) atoms. The summed E-state index contributed by atoms with van der Waals surface area (Å²) in [5.74, 6) is -0.214. The minimum atomic E-state index is -1.78. The second kappa shape index (κ2) is 9.18. The number of hydrogen-bond acceptors (Lipinski definition) is 5. The van der Waals surface area contributed by atoms with Gasteiger partial charge in [-0.15, -0.1) is 0 Å². The summed E-state index contributed by atoms with van der Waals surface area (Å²) in [5.41, 5.74) is 2.23. The van der Waals surface area contributed by atoms with Gasteiger partial charge in [0.05, 0.1) is 11.0 Å². The molecule has 4 aromatic rings. The third-order valence-electron chi connectivity index (χ3n) is 7.79. The number of hydrogen-bond donors (Lipinski definition) is 4. The molecule has 0 radical (unpaired) electrons. The van der Waals surface area contributed by atoms with Crippen LogP contribution in [0.2, 0.25) is 0 Å². The molecule has 2 heterocycles. The van der Waals surface area contributed by atoms with Gasteiger partial charge in [-0.05, 0) is 49.2 Å². The number of amides is 2. The molecule has 0 bridgehead atoms. The van der Waals surface area contributed by atoms with Crippen molar-refractivity contribution in [2.75, 3.05) is 22.2 Å². The predicted octanol–water partition coefficient (Wildman–Crippen LogP) is 5.28. The van der Waals surface area contributed by atoms with Gasteiger partial charge in [-0.25, -0.2) is 9.78 Å². The van der Waals surface area contributed by atoms with E-state index in [4.69, 9.17) is 5.11 Å². The van der Waals surface area contributed by atoms with Gasteiger partial charge in [0.25, 0.3) is 5.91 Å². The number of aromatic nitrogens is 2. The first-order chi connectivity index (χ1) is 18.4. The number of anilines is 3. The molecule has 3 aromatic carbocycles. The molecule has 9 nitrogen and oxygen atoms in total. The van der Waals surface area contributed by atoms with Crippen LogP contribution in [0, 0.1) is 0 Å². The summed E-state index contributed by atoms with van der Waals surface area (Å²) in [4.78, 5) is 35.8. The smallest absolute Gasteiger partial charge is 0.411 e. The number of aliphatic hydroxyl groups is 1. The fourth-order valence-electron chi connectivity index (χ4n) is 5.87. The van der Waals surface area contributed by atoms with Crippen LogP contribution in [0.4, 0.5) is 22.1 Å². The van der Waals surface area contributed by atoms with Crippen molar-refractivity contribution in [3.63, 3.8) is 0 Å². The molecular weight excluding hydrogens is 482 g/mol. The summed E-state index contributed by atoms with van der Waals surface area (Å²) >= 11 is 0. The van der Waals surface area contributed by atoms with Crippen molar-refractivity contribution < 1.29 is 19.8 Å². The van der Waals surface area contributed by atoms with E-state index in [1.165, 1.54) is 24.2 Å². The third-order valence-corrected chi connectivity index (χ3v) is 7.79. The van der Waals surface area contributed by atoms with Crippen LogP contribution < -0.4 is 15.1 Å². The number of fused-ring (bicyclic) bond motifs is 2. The van der Waals surface area contributed by atoms with Gasteiger partial charge in [-0.3, -0.25) is 15.0 Å². The number of H-pyrrole nitrogens is 1. The minimum Gasteiger partial charge on any atom is -0.465 e. The molecule has 1 aliphatic carbocycles. The van der Waals surface area contributed by atoms with E-state index >= 15 is 0 Å². The van der Waals surface area contributed by atoms with Gasteiger partial charge in [0, 0.05) is 41.2 Å². The Hall–Kier alpha value is -4.37. The molecule has 6 rings (SSSR count). The fourth-order valence-corrected chi connectivity index (χ4v) is 5.87. The van der Waals surface area contributed by atoms with Crippen molar-refractivity contribution in [3.8, 4) is 0 Å². The highest BCUT2D eigenvalue weighted by Gasteiger charge is 2.50. The average molecular weight is 512 g/mol. The predicted molar refractivity (Wildman–Crippen MR) is 146 cm³/mol. The number of benzene rings is 3. The van der Waals surface area contributed by atoms with Crippen LogP contribution in [0.5, 0.6) is 0 Å². The van der Waals surface area contributed by atoms with Gasteiger partial charge >= 0.3 is 6.09 Å². The lowest BCUT2D eigenvalue weighted by Gasteiger charge is -2.36. The summed E-state index contributed by atoms with van der Waals surface area (Å²) in [5, 5.41) is 23.7. The zero-order valence-electron chi connectivity index (χ0n) is 21.0. The lowest BCUT2D eigenvalue weighted by molar-refractivity contribution is 0.0704. The van der Waals surface area contributed by atoms with E-state index in [1.54, 1.807) is 42.5 Å². The Labute approximate surface area is 219 Å². The molecule has 4 N–H and O–H groups in total. The van der Waals surface area contributed by atoms with Gasteiger partial charge in [-0.1, -0.05) is 49.6 Å². The van der Waals surface area contributed by atoms with E-state index in [0.717, 1.165) is 18.5 Å². The second-order valence-corrected chi connectivity index (χ2v) is 10.0. The zero-order valence-corrected chi connectivity index (χ0v) is 21.0. The lowest BCUT2D eigenvalue weighted by atomic mass is 9.93. The Morgan fingerprint density at radius 1 is 1.08 bits per heavy atom. The highest BCUT2D eigenvalue weighted by molar-refractivity contribution is 6.12. The highest BCUT2D eigenvalue weighted by Crippen LogP contribution is 2.46. The van der Waals surface area contributed by atoms with E-state index < -0.39 is 11.8 Å². The van der Waals surface area contributed by atoms with E-state index in [-0.39, 0.29) is 11.9 Å². The number of carbonyl (C=O) groups is 2. The van der Waals surface area contributed by atoms with Crippen LogP contribution >= 0.6 is 0 Å². The van der Waals surface area contributed by atoms with Crippen LogP contribution in [0.25, 0.3) is 11.0 Å². The Kier molecular flexibility index (Phi) is 5.80. The molecule has 1 atom stereocenters. The number of rotatable bonds is 5. The third kappa shape index (κ3) is 3.86. The highest BCUT2D eigenvalue weighted by atomic mass is 16.4. The maximum atomic E-state index is 13.8. The second-order valence-electron chi connectivity index (χ2n) is 10.0. The Balaban J connectivity index is 1.45. The summed E-state index contributed by atoms with van der Waals surface area (Å²) in [6.45, 7) is 0. The molecule has 1 fully saturated rings. The first-order valence-electron chi connectivity index (χ1n) is 12.9. The van der Waals surface area contributed by atoms with Crippen LogP contribution in [0.3, 0.4) is 0 Å². The molecular formula is C29H29N5O4. The van der Waals surface area contributed by atoms with Crippen molar-refractivity contribution in [3.05, 3.63) is 83.4 Å². The van der Waals surface area contributed by atoms with Crippen LogP contribution in [-0.2, 0) is 5.72 Å². The first kappa shape index (κ1) is 24.0. The lowest BCUT2D eigenvalue weighted by Crippen LogP contribution is -2.45. The largest absolute Gasteiger partial charge is 0.465 e. The van der Waals surface area contributed by atoms with Gasteiger partial charge in [0.2, 0.25) is 5.95 Å². The van der Waals surface area contributed by atoms with Gasteiger partial charge < -0.3 is 20.1 Å². The van der Waals surface area contributed by atoms with Crippen LogP contribution in [0.1, 0.15) is 53.6 Å². The average Bonchev–Trinajstić information content (AvgIpc) is 3.43. The van der Waals surface area contributed by atoms with E-state index in [9.17, 15) is 14.7 Å². The van der Waals surface area contributed by atoms with Crippen LogP contribution in [-0.4, -0.2) is 45.3 Å². The molecule has 194 valence electrons. The van der Waals surface area contributed by atoms with Gasteiger partial charge in [0.1, 0.15) is 0 Å². The quantitative estimate of drug-likeness (QED) is 0.289. The molecule has 1 saturated carbocycles. The minimum absolute atomic E-state index is 0.0786. The SMILES string of the molecule is CN(c1cccc(N2C(=O)c3ccccc3C2(O)c2ccc3nc(NC(=O)O)[nH]c3c2)c1)C1CCCCC1. The normalized spacial score (nSPS) is 19.5. The van der Waals surface area contributed by atoms with E-state index in [2.05, 4.69) is 27.2 Å². The molecule has 0 spiro atoms. The van der Waals surface area contributed by atoms with Gasteiger partial charge in [-0.2, -0.15) is 0 Å². The summed E-state index contributed by atoms with van der Waals surface area (Å²) in [6.07, 6.45) is 4.75. The number of carboxylic acid groups (broad SMARTS) is 1. The zero-order chi connectivity index (χ0) is 26.4. The molecule has 0 saturated heterocycles. The number of nitrogens with zero attached hydrogens (tertiary/aromatic N) is 3. The Morgan fingerprint density at radius 2 is 1.87 bits per heavy atom. The molecule has 2 aliphatic rings. The standard InChI is InChI=1S/C29H29N5O4/c1-33(19-8-3-2-4-9-19)20-10-7-11-21(17-20)34-26(35)22-12-5-6-13-23(22)29(34,38)18-14-15-24-25(16-18)31-27(30-24)32-28(36)37/h5-7,10-17,19,38H,2-4,8-9H2,1H3,(H,36,37)(H2,30,31,32). The number of carbonyl (C=O) groups excluding carboxylic acids is 1. The monoisotopic (exact) mass is 511 g/mol. The Bertz CT molecular complexity index is 1540. The Morgan fingerprint density at radius 3 is 2.66 bits per heavy atom. The first-order valence-corrected chi connectivity index (χ1v) is 12.9. The molecule has 1 unspecified atom stereocenters. The maximum Gasteiger partial charge on any atom is 0.411 e. The van der Waals surface area contributed by atoms with Crippen molar-refractivity contribution in [2.24, 2.45) is 0 Å². The van der Waals surface area contributed by atoms with E-state index in [1.807, 2.05) is 24.3 Å². The van der Waals surface area contributed by atoms with Crippen molar-refractivity contribution in [1.29, 1.82) is 0 Å². The maximum absolute atomic E-state index is 13.8. The summed E-state index contributed by atoms with van der Waals surface area (Å²) < 4.78 is 0. The van der Waals surface area contributed by atoms with Crippen molar-refractivity contribution >= 4 is 40.4 Å². The molecule has 1 aliphatic heterocycles. The van der Waals surface area contributed by atoms with Crippen LogP contribution in [0.15, 0.2) is 66.7 Å². The summed E-state index contributed by atoms with van der Waals surface area (Å²) in [6, 6.07) is 20.4. The molecule has 1 aromatic heterocycles. The van der Waals surface area contributed by atoms with Crippen molar-refractivity contribution in [1.82, 2.24) is 9.97 Å².